The number of benzene rings is 2. The molecular weight excluding hydrogens is 541 g/mol. The van der Waals surface area contributed by atoms with Crippen LogP contribution in [0.25, 0.3) is 0 Å². The van der Waals surface area contributed by atoms with Crippen LogP contribution in [0.3, 0.4) is 0 Å². The van der Waals surface area contributed by atoms with E-state index in [2.05, 4.69) is 97.8 Å². The Morgan fingerprint density at radius 3 is 1.72 bits per heavy atom. The number of hydrogen-bond donors (Lipinski definition) is 0. The van der Waals surface area contributed by atoms with Crippen molar-refractivity contribution >= 4 is 44.7 Å². The second-order valence-electron chi connectivity index (χ2n) is 10.5. The summed E-state index contributed by atoms with van der Waals surface area (Å²) in [6, 6.07) is 23.2. The fourth-order valence-corrected chi connectivity index (χ4v) is 13.9. The Kier molecular flexibility index (Phi) is 10.9. The molecule has 4 atom stereocenters. The van der Waals surface area contributed by atoms with Gasteiger partial charge in [-0.15, -0.1) is 0 Å². The first kappa shape index (κ1) is 29.6. The first-order valence-electron chi connectivity index (χ1n) is 13.1. The molecule has 2 aromatic rings. The molecule has 2 aliphatic heterocycles. The van der Waals surface area contributed by atoms with E-state index in [1.807, 2.05) is 0 Å². The number of guanidine groups is 1. The number of hydrogen-bond acceptors (Lipinski definition) is 3. The summed E-state index contributed by atoms with van der Waals surface area (Å²) in [5.74, 6) is 4.15. The van der Waals surface area contributed by atoms with Gasteiger partial charge in [0.05, 0.1) is 0 Å². The van der Waals surface area contributed by atoms with E-state index in [1.165, 1.54) is 18.8 Å². The maximum atomic E-state index is 5.21. The van der Waals surface area contributed by atoms with E-state index in [0.29, 0.717) is 17.4 Å². The monoisotopic (exact) mass is 582 g/mol. The Labute approximate surface area is 235 Å². The minimum absolute atomic E-state index is 0. The molecule has 2 aromatic carbocycles. The van der Waals surface area contributed by atoms with Gasteiger partial charge in [-0.05, 0) is 52.4 Å². The van der Waals surface area contributed by atoms with Crippen LogP contribution in [-0.4, -0.2) is 49.8 Å². The average molecular weight is 584 g/mol. The SMILES string of the molecule is CC1C(C)C(C)C([Si](c2ccccc2)(c2ccccc2)N2CCCN3CCCN=C32)C1C.[CH3-].[Cl][Cr][Cl]. The molecule has 0 spiro atoms. The Morgan fingerprint density at radius 1 is 0.750 bits per heavy atom. The first-order valence-corrected chi connectivity index (χ1v) is 18.6. The third kappa shape index (κ3) is 5.29. The van der Waals surface area contributed by atoms with Crippen LogP contribution in [0.1, 0.15) is 40.5 Å². The molecule has 0 amide bonds. The standard InChI is InChI=1S/C28H39N3Si.CH3.2ClH.Cr/c1-21-22(2)24(4)27(23(21)3)32(25-13-7-5-8-14-25,26-15-9-6-10-16-26)31-20-12-19-30-18-11-17-29-28(30)31;;;;/h5-10,13-16,21-24,27H,11-12,17-20H2,1-4H3;1H3;2*1H;/q;-1;;;+2/p-2. The quantitative estimate of drug-likeness (QED) is 0.312. The van der Waals surface area contributed by atoms with Crippen molar-refractivity contribution in [2.75, 3.05) is 26.2 Å². The Balaban J connectivity index is 0.000000861. The van der Waals surface area contributed by atoms with Crippen LogP contribution in [0.5, 0.6) is 0 Å². The van der Waals surface area contributed by atoms with Crippen molar-refractivity contribution < 1.29 is 13.4 Å². The molecular formula is C29H42Cl2CrN3Si-. The van der Waals surface area contributed by atoms with Gasteiger partial charge in [-0.2, -0.15) is 0 Å². The summed E-state index contributed by atoms with van der Waals surface area (Å²) in [6.07, 6.45) is 2.42. The molecule has 1 saturated carbocycles. The zero-order valence-electron chi connectivity index (χ0n) is 22.4. The van der Waals surface area contributed by atoms with Gasteiger partial charge in [-0.25, -0.2) is 0 Å². The van der Waals surface area contributed by atoms with Crippen LogP contribution >= 0.6 is 20.1 Å². The van der Waals surface area contributed by atoms with Gasteiger partial charge >= 0.3 is 33.5 Å². The van der Waals surface area contributed by atoms with Gasteiger partial charge in [0.2, 0.25) is 8.24 Å². The van der Waals surface area contributed by atoms with E-state index >= 15 is 0 Å². The Bertz CT molecular complexity index is 923. The van der Waals surface area contributed by atoms with E-state index in [9.17, 15) is 0 Å². The van der Waals surface area contributed by atoms with Crippen LogP contribution in [-0.2, 0) is 13.4 Å². The molecule has 7 heteroatoms. The van der Waals surface area contributed by atoms with E-state index in [-0.39, 0.29) is 20.8 Å². The fourth-order valence-electron chi connectivity index (χ4n) is 7.24. The van der Waals surface area contributed by atoms with E-state index < -0.39 is 8.24 Å². The van der Waals surface area contributed by atoms with Crippen molar-refractivity contribution in [1.82, 2.24) is 9.47 Å². The molecule has 36 heavy (non-hydrogen) atoms. The maximum absolute atomic E-state index is 5.21. The molecule has 2 fully saturated rings. The summed E-state index contributed by atoms with van der Waals surface area (Å²) in [7, 11) is 7.28. The van der Waals surface area contributed by atoms with Crippen LogP contribution in [0.2, 0.25) is 5.54 Å². The van der Waals surface area contributed by atoms with E-state index in [1.54, 1.807) is 10.4 Å². The predicted molar refractivity (Wildman–Crippen MR) is 156 cm³/mol. The molecule has 198 valence electrons. The third-order valence-corrected chi connectivity index (χ3v) is 14.8. The predicted octanol–water partition coefficient (Wildman–Crippen LogP) is 6.27. The van der Waals surface area contributed by atoms with Crippen molar-refractivity contribution in [3.63, 3.8) is 0 Å². The Hall–Kier alpha value is -0.961. The summed E-state index contributed by atoms with van der Waals surface area (Å²) in [5.41, 5.74) is 0.655. The summed E-state index contributed by atoms with van der Waals surface area (Å²) >= 11 is -0.181. The molecule has 0 bridgehead atoms. The summed E-state index contributed by atoms with van der Waals surface area (Å²) in [6.45, 7) is 14.5. The molecule has 0 radical (unpaired) electrons. The number of aliphatic imine (C=N–C) groups is 1. The molecule has 5 rings (SSSR count). The molecule has 2 heterocycles. The molecule has 3 nitrogen and oxygen atoms in total. The topological polar surface area (TPSA) is 18.8 Å². The van der Waals surface area contributed by atoms with E-state index in [0.717, 1.165) is 38.0 Å². The van der Waals surface area contributed by atoms with Crippen LogP contribution < -0.4 is 10.4 Å². The van der Waals surface area contributed by atoms with Gasteiger partial charge < -0.3 is 16.9 Å². The fraction of sp³-hybridized carbons (Fsp3) is 0.517. The molecule has 0 aromatic heterocycles. The zero-order chi connectivity index (χ0) is 25.0. The number of rotatable bonds is 4. The minimum atomic E-state index is -2.37. The molecule has 1 saturated heterocycles. The molecule has 3 aliphatic rings. The van der Waals surface area contributed by atoms with Crippen LogP contribution in [0, 0.1) is 31.1 Å². The normalized spacial score (nSPS) is 27.8. The van der Waals surface area contributed by atoms with Gasteiger partial charge in [-0.1, -0.05) is 88.4 Å². The summed E-state index contributed by atoms with van der Waals surface area (Å²) < 4.78 is 2.88. The van der Waals surface area contributed by atoms with Crippen molar-refractivity contribution in [1.29, 1.82) is 0 Å². The van der Waals surface area contributed by atoms with Gasteiger partial charge in [-0.3, -0.25) is 4.99 Å². The number of halogens is 2. The summed E-state index contributed by atoms with van der Waals surface area (Å²) in [5, 5.41) is 3.12. The third-order valence-electron chi connectivity index (χ3n) is 9.13. The van der Waals surface area contributed by atoms with Crippen molar-refractivity contribution in [3.8, 4) is 0 Å². The second kappa shape index (κ2) is 13.2. The van der Waals surface area contributed by atoms with Crippen LogP contribution in [0.15, 0.2) is 65.7 Å². The van der Waals surface area contributed by atoms with E-state index in [4.69, 9.17) is 25.1 Å². The van der Waals surface area contributed by atoms with Gasteiger partial charge in [0.1, 0.15) is 0 Å². The number of nitrogens with zero attached hydrogens (tertiary/aromatic N) is 3. The van der Waals surface area contributed by atoms with Gasteiger partial charge in [0.15, 0.2) is 5.96 Å². The van der Waals surface area contributed by atoms with Crippen molar-refractivity contribution in [3.05, 3.63) is 68.1 Å². The zero-order valence-corrected chi connectivity index (χ0v) is 26.2. The van der Waals surface area contributed by atoms with Crippen molar-refractivity contribution in [2.45, 2.75) is 46.1 Å². The molecule has 0 N–H and O–H groups in total. The Morgan fingerprint density at radius 2 is 1.22 bits per heavy atom. The van der Waals surface area contributed by atoms with Gasteiger partial charge in [0, 0.05) is 26.2 Å². The number of fused-ring (bicyclic) bond motifs is 1. The van der Waals surface area contributed by atoms with Crippen LogP contribution in [0.4, 0.5) is 0 Å². The molecule has 1 aliphatic carbocycles. The van der Waals surface area contributed by atoms with Gasteiger partial charge in [0.25, 0.3) is 0 Å². The average Bonchev–Trinajstić information content (AvgIpc) is 3.09. The van der Waals surface area contributed by atoms with Crippen molar-refractivity contribution in [2.24, 2.45) is 28.7 Å². The first-order chi connectivity index (χ1) is 17.0. The second-order valence-corrected chi connectivity index (χ2v) is 16.5. The summed E-state index contributed by atoms with van der Waals surface area (Å²) in [4.78, 5) is 7.81. The molecule has 4 unspecified atom stereocenters.